The first-order valence-corrected chi connectivity index (χ1v) is 19.3. The maximum absolute atomic E-state index is 13.5. The van der Waals surface area contributed by atoms with Gasteiger partial charge in [0, 0.05) is 31.3 Å². The lowest BCUT2D eigenvalue weighted by Crippen LogP contribution is -2.51. The minimum atomic E-state index is -0.879. The van der Waals surface area contributed by atoms with Crippen molar-refractivity contribution in [2.24, 2.45) is 5.92 Å². The number of rotatable bonds is 12. The van der Waals surface area contributed by atoms with E-state index in [0.717, 1.165) is 65.0 Å². The zero-order valence-electron chi connectivity index (χ0n) is 33.2. The van der Waals surface area contributed by atoms with Gasteiger partial charge in [0.05, 0.1) is 79.6 Å². The lowest BCUT2D eigenvalue weighted by atomic mass is 10.0. The highest BCUT2D eigenvalue weighted by Crippen LogP contribution is 2.35. The first kappa shape index (κ1) is 39.9. The Hall–Kier alpha value is -6.36. The molecule has 3 aromatic heterocycles. The number of carbonyl (C=O) groups is 4. The fourth-order valence-corrected chi connectivity index (χ4v) is 7.69. The molecule has 0 spiro atoms. The summed E-state index contributed by atoms with van der Waals surface area (Å²) in [5, 5.41) is 5.25. The van der Waals surface area contributed by atoms with E-state index in [1.54, 1.807) is 28.4 Å². The third-order valence-corrected chi connectivity index (χ3v) is 10.7. The molecule has 17 nitrogen and oxygen atoms in total. The molecule has 2 fully saturated rings. The van der Waals surface area contributed by atoms with E-state index in [1.807, 2.05) is 56.3 Å². The van der Waals surface area contributed by atoms with Crippen molar-refractivity contribution in [1.82, 2.24) is 50.3 Å². The molecule has 0 bridgehead atoms. The number of likely N-dealkylation sites (tertiary alicyclic amines) is 2. The van der Waals surface area contributed by atoms with Gasteiger partial charge in [-0.25, -0.2) is 24.5 Å². The van der Waals surface area contributed by atoms with Crippen molar-refractivity contribution in [3.63, 3.8) is 0 Å². The molecule has 2 aliphatic rings. The number of hydrogen-bond donors (Lipinski definition) is 4. The van der Waals surface area contributed by atoms with Crippen molar-refractivity contribution < 1.29 is 33.4 Å². The van der Waals surface area contributed by atoms with Gasteiger partial charge in [-0.15, -0.1) is 0 Å². The first-order valence-electron chi connectivity index (χ1n) is 19.3. The van der Waals surface area contributed by atoms with Gasteiger partial charge in [-0.05, 0) is 49.3 Å². The number of alkyl carbamates (subject to hydrolysis) is 2. The molecule has 58 heavy (non-hydrogen) atoms. The van der Waals surface area contributed by atoms with E-state index in [1.165, 1.54) is 21.3 Å². The Morgan fingerprint density at radius 1 is 0.724 bits per heavy atom. The van der Waals surface area contributed by atoms with Gasteiger partial charge < -0.3 is 44.6 Å². The van der Waals surface area contributed by atoms with Crippen LogP contribution < -0.4 is 10.6 Å². The molecule has 7 rings (SSSR count). The van der Waals surface area contributed by atoms with E-state index in [2.05, 4.69) is 30.6 Å². The van der Waals surface area contributed by atoms with Crippen LogP contribution >= 0.6 is 0 Å². The van der Waals surface area contributed by atoms with Gasteiger partial charge in [-0.1, -0.05) is 44.2 Å². The summed E-state index contributed by atoms with van der Waals surface area (Å²) < 4.78 is 14.6. The Morgan fingerprint density at radius 3 is 1.90 bits per heavy atom. The predicted octanol–water partition coefficient (Wildman–Crippen LogP) is 5.16. The Balaban J connectivity index is 1.02. The zero-order valence-corrected chi connectivity index (χ0v) is 33.2. The largest absolute Gasteiger partial charge is 0.453 e. The van der Waals surface area contributed by atoms with Gasteiger partial charge >= 0.3 is 12.2 Å². The number of ether oxygens (including phenoxy) is 3. The maximum atomic E-state index is 13.5. The van der Waals surface area contributed by atoms with Crippen molar-refractivity contribution in [3.05, 3.63) is 72.7 Å². The molecule has 0 unspecified atom stereocenters. The number of nitrogens with zero attached hydrogens (tertiary/aromatic N) is 6. The average molecular weight is 793 g/mol. The van der Waals surface area contributed by atoms with E-state index in [9.17, 15) is 19.2 Å². The summed E-state index contributed by atoms with van der Waals surface area (Å²) in [5.41, 5.74) is 6.48. The normalized spacial score (nSPS) is 17.7. The minimum absolute atomic E-state index is 0.0169. The highest BCUT2D eigenvalue weighted by molar-refractivity contribution is 5.87. The molecule has 5 heterocycles. The van der Waals surface area contributed by atoms with Crippen molar-refractivity contribution in [2.75, 3.05) is 41.0 Å². The molecule has 4 N–H and O–H groups in total. The number of amides is 4. The number of nitrogens with one attached hydrogen (secondary N) is 4. The van der Waals surface area contributed by atoms with E-state index in [4.69, 9.17) is 24.2 Å². The van der Waals surface area contributed by atoms with Crippen LogP contribution in [0, 0.1) is 5.92 Å². The number of methoxy groups -OCH3 is 3. The molecule has 4 amide bonds. The smallest absolute Gasteiger partial charge is 0.407 e. The van der Waals surface area contributed by atoms with Crippen molar-refractivity contribution in [2.45, 2.75) is 63.7 Å². The Kier molecular flexibility index (Phi) is 12.0. The SMILES string of the molecule is COC[C@H](NC(=O)OC)C(=O)N1CCC[C@H]1c1ncc(-c2ccc3nc(-c4ccc(-c5cnc([C@@H]6CCCN6C(=O)[C@@H](NC(=O)OC)C(C)C)[nH]5)cc4)cnc3c2)[nH]1. The fraction of sp³-hybridized carbons (Fsp3) is 0.415. The van der Waals surface area contributed by atoms with E-state index < -0.39 is 24.3 Å². The highest BCUT2D eigenvalue weighted by atomic mass is 16.5. The van der Waals surface area contributed by atoms with Crippen LogP contribution in [0.15, 0.2) is 61.1 Å². The van der Waals surface area contributed by atoms with Crippen molar-refractivity contribution in [1.29, 1.82) is 0 Å². The van der Waals surface area contributed by atoms with Crippen LogP contribution in [-0.4, -0.2) is 117 Å². The van der Waals surface area contributed by atoms with Crippen molar-refractivity contribution >= 4 is 35.0 Å². The molecule has 0 saturated carbocycles. The highest BCUT2D eigenvalue weighted by Gasteiger charge is 2.38. The van der Waals surface area contributed by atoms with E-state index in [0.29, 0.717) is 30.3 Å². The second-order valence-corrected chi connectivity index (χ2v) is 14.8. The summed E-state index contributed by atoms with van der Waals surface area (Å²) >= 11 is 0. The number of aromatic nitrogens is 6. The van der Waals surface area contributed by atoms with Crippen LogP contribution in [0.5, 0.6) is 0 Å². The van der Waals surface area contributed by atoms with Crippen LogP contribution in [0.2, 0.25) is 0 Å². The number of carbonyl (C=O) groups excluding carboxylic acids is 4. The van der Waals surface area contributed by atoms with Crippen molar-refractivity contribution in [3.8, 4) is 33.8 Å². The van der Waals surface area contributed by atoms with E-state index in [-0.39, 0.29) is 36.4 Å². The molecule has 17 heteroatoms. The summed E-state index contributed by atoms with van der Waals surface area (Å²) in [5.74, 6) is 0.831. The molecular weight excluding hydrogens is 745 g/mol. The second kappa shape index (κ2) is 17.4. The van der Waals surface area contributed by atoms with Gasteiger partial charge in [-0.2, -0.15) is 0 Å². The van der Waals surface area contributed by atoms with Gasteiger partial charge in [0.2, 0.25) is 11.8 Å². The third kappa shape index (κ3) is 8.34. The summed E-state index contributed by atoms with van der Waals surface area (Å²) in [6, 6.07) is 11.7. The number of benzene rings is 2. The molecule has 2 saturated heterocycles. The predicted molar refractivity (Wildman–Crippen MR) is 213 cm³/mol. The fourth-order valence-electron chi connectivity index (χ4n) is 7.69. The van der Waals surface area contributed by atoms with Crippen LogP contribution in [0.1, 0.15) is 63.3 Å². The quantitative estimate of drug-likeness (QED) is 0.130. The summed E-state index contributed by atoms with van der Waals surface area (Å²) in [6.07, 6.45) is 7.07. The summed E-state index contributed by atoms with van der Waals surface area (Å²) in [4.78, 5) is 80.1. The van der Waals surface area contributed by atoms with Gasteiger partial charge in [0.25, 0.3) is 0 Å². The molecule has 304 valence electrons. The van der Waals surface area contributed by atoms with Crippen LogP contribution in [-0.2, 0) is 23.8 Å². The molecule has 5 aromatic rings. The van der Waals surface area contributed by atoms with Crippen LogP contribution in [0.3, 0.4) is 0 Å². The number of hydrogen-bond acceptors (Lipinski definition) is 11. The number of imidazole rings is 2. The second-order valence-electron chi connectivity index (χ2n) is 14.8. The number of H-pyrrole nitrogens is 2. The Labute approximate surface area is 335 Å². The van der Waals surface area contributed by atoms with Crippen LogP contribution in [0.4, 0.5) is 9.59 Å². The number of aromatic amines is 2. The Bertz CT molecular complexity index is 2270. The topological polar surface area (TPSA) is 210 Å². The van der Waals surface area contributed by atoms with Gasteiger partial charge in [0.1, 0.15) is 23.7 Å². The van der Waals surface area contributed by atoms with Gasteiger partial charge in [-0.3, -0.25) is 14.6 Å². The average Bonchev–Trinajstić information content (AvgIpc) is 4.08. The summed E-state index contributed by atoms with van der Waals surface area (Å²) in [7, 11) is 4.00. The zero-order chi connectivity index (χ0) is 40.9. The third-order valence-electron chi connectivity index (χ3n) is 10.7. The van der Waals surface area contributed by atoms with Gasteiger partial charge in [0.15, 0.2) is 0 Å². The summed E-state index contributed by atoms with van der Waals surface area (Å²) in [6.45, 7) is 4.92. The Morgan fingerprint density at radius 2 is 1.29 bits per heavy atom. The molecule has 0 radical (unpaired) electrons. The van der Waals surface area contributed by atoms with E-state index >= 15 is 0 Å². The number of fused-ring (bicyclic) bond motifs is 1. The molecule has 4 atom stereocenters. The molecule has 0 aliphatic carbocycles. The lowest BCUT2D eigenvalue weighted by molar-refractivity contribution is -0.136. The molecule has 2 aromatic carbocycles. The maximum Gasteiger partial charge on any atom is 0.407 e. The molecule has 2 aliphatic heterocycles. The lowest BCUT2D eigenvalue weighted by Gasteiger charge is -2.30. The van der Waals surface area contributed by atoms with Crippen LogP contribution in [0.25, 0.3) is 44.8 Å². The standard InChI is InChI=1S/C41H48N10O7/c1-23(2)35(49-41(55)58-5)39(53)51-17-7-9-34(51)37-43-20-30(46-37)25-12-10-24(11-13-25)29-19-42-28-18-26(14-15-27(28)45-29)31-21-44-36(47-31)33-8-6-16-50(33)38(52)32(22-56-3)48-40(54)57-4/h10-15,18-21,23,32-35H,6-9,16-17,22H2,1-5H3,(H,43,46)(H,44,47)(H,48,54)(H,49,55)/t32-,33-,34-,35-/m0/s1. The minimum Gasteiger partial charge on any atom is -0.453 e. The first-order chi connectivity index (χ1) is 28.1. The monoisotopic (exact) mass is 792 g/mol. The molecular formula is C41H48N10O7.